The maximum atomic E-state index is 13.3. The van der Waals surface area contributed by atoms with Crippen LogP contribution >= 0.6 is 0 Å². The van der Waals surface area contributed by atoms with Crippen molar-refractivity contribution in [1.82, 2.24) is 4.90 Å². The molecule has 3 rings (SSSR count). The van der Waals surface area contributed by atoms with Crippen molar-refractivity contribution in [2.45, 2.75) is 39.7 Å². The lowest BCUT2D eigenvalue weighted by atomic mass is 10.1. The third kappa shape index (κ3) is 4.80. The van der Waals surface area contributed by atoms with E-state index < -0.39 is 0 Å². The number of rotatable bonds is 9. The van der Waals surface area contributed by atoms with Gasteiger partial charge in [-0.1, -0.05) is 62.4 Å². The van der Waals surface area contributed by atoms with Crippen molar-refractivity contribution < 1.29 is 9.59 Å². The van der Waals surface area contributed by atoms with Gasteiger partial charge >= 0.3 is 0 Å². The first-order valence-electron chi connectivity index (χ1n) is 10.3. The molecule has 0 N–H and O–H groups in total. The summed E-state index contributed by atoms with van der Waals surface area (Å²) in [6.07, 6.45) is 2.56. The minimum absolute atomic E-state index is 0.0568. The monoisotopic (exact) mass is 378 g/mol. The van der Waals surface area contributed by atoms with E-state index in [4.69, 9.17) is 0 Å². The van der Waals surface area contributed by atoms with Crippen LogP contribution in [0.15, 0.2) is 60.7 Å². The third-order valence-corrected chi connectivity index (χ3v) is 5.24. The highest BCUT2D eigenvalue weighted by Crippen LogP contribution is 2.42. The Morgan fingerprint density at radius 3 is 1.93 bits per heavy atom. The molecule has 2 aromatic rings. The van der Waals surface area contributed by atoms with E-state index in [1.54, 1.807) is 0 Å². The number of anilines is 1. The summed E-state index contributed by atoms with van der Waals surface area (Å²) in [7, 11) is 0. The third-order valence-electron chi connectivity index (χ3n) is 5.24. The van der Waals surface area contributed by atoms with Gasteiger partial charge in [-0.25, -0.2) is 0 Å². The summed E-state index contributed by atoms with van der Waals surface area (Å²) in [4.78, 5) is 30.0. The minimum atomic E-state index is -0.201. The predicted molar refractivity (Wildman–Crippen MR) is 113 cm³/mol. The fourth-order valence-electron chi connectivity index (χ4n) is 3.72. The molecule has 0 aromatic heterocycles. The van der Waals surface area contributed by atoms with Gasteiger partial charge in [-0.3, -0.25) is 9.59 Å². The molecule has 0 radical (unpaired) electrons. The number of para-hydroxylation sites is 1. The molecule has 1 aliphatic rings. The van der Waals surface area contributed by atoms with Gasteiger partial charge in [-0.15, -0.1) is 0 Å². The fourth-order valence-corrected chi connectivity index (χ4v) is 3.72. The highest BCUT2D eigenvalue weighted by molar-refractivity contribution is 6.01. The SMILES string of the molecule is CCCN(CCC)C(=O)C1CC1C(=O)N(Cc1ccccc1)c1ccccc1. The summed E-state index contributed by atoms with van der Waals surface area (Å²) in [6, 6.07) is 19.8. The molecule has 4 heteroatoms. The second-order valence-electron chi connectivity index (χ2n) is 7.52. The highest BCUT2D eigenvalue weighted by Gasteiger charge is 2.50. The standard InChI is InChI=1S/C24H30N2O2/c1-3-15-25(16-4-2)23(27)21-17-22(21)24(28)26(20-13-9-6-10-14-20)18-19-11-7-5-8-12-19/h5-14,21-22H,3-4,15-18H2,1-2H3. The molecule has 2 aromatic carbocycles. The van der Waals surface area contributed by atoms with Crippen molar-refractivity contribution in [1.29, 1.82) is 0 Å². The predicted octanol–water partition coefficient (Wildman–Crippen LogP) is 4.50. The normalized spacial score (nSPS) is 17.8. The largest absolute Gasteiger partial charge is 0.342 e. The average molecular weight is 379 g/mol. The Bertz CT molecular complexity index is 770. The van der Waals surface area contributed by atoms with Crippen LogP contribution in [0.3, 0.4) is 0 Å². The van der Waals surface area contributed by atoms with Crippen LogP contribution in [0.5, 0.6) is 0 Å². The molecule has 0 bridgehead atoms. The van der Waals surface area contributed by atoms with Crippen LogP contribution in [0.25, 0.3) is 0 Å². The van der Waals surface area contributed by atoms with Crippen molar-refractivity contribution >= 4 is 17.5 Å². The zero-order valence-corrected chi connectivity index (χ0v) is 16.9. The molecule has 2 unspecified atom stereocenters. The van der Waals surface area contributed by atoms with Gasteiger partial charge in [-0.05, 0) is 37.0 Å². The van der Waals surface area contributed by atoms with Crippen LogP contribution < -0.4 is 4.90 Å². The molecule has 0 heterocycles. The Balaban J connectivity index is 1.74. The Labute approximate surface area is 168 Å². The Kier molecular flexibility index (Phi) is 6.85. The molecular formula is C24H30N2O2. The maximum absolute atomic E-state index is 13.3. The molecule has 1 saturated carbocycles. The van der Waals surface area contributed by atoms with Crippen LogP contribution in [0.1, 0.15) is 38.7 Å². The molecule has 1 fully saturated rings. The molecule has 28 heavy (non-hydrogen) atoms. The van der Waals surface area contributed by atoms with Crippen LogP contribution in [0, 0.1) is 11.8 Å². The summed E-state index contributed by atoms with van der Waals surface area (Å²) in [5, 5.41) is 0. The number of amides is 2. The summed E-state index contributed by atoms with van der Waals surface area (Å²) in [6.45, 7) is 6.24. The second-order valence-corrected chi connectivity index (χ2v) is 7.52. The lowest BCUT2D eigenvalue weighted by molar-refractivity contribution is -0.134. The van der Waals surface area contributed by atoms with Gasteiger partial charge in [0.1, 0.15) is 0 Å². The lowest BCUT2D eigenvalue weighted by Gasteiger charge is -2.24. The van der Waals surface area contributed by atoms with E-state index in [1.165, 1.54) is 0 Å². The zero-order valence-electron chi connectivity index (χ0n) is 16.9. The van der Waals surface area contributed by atoms with Crippen LogP contribution in [-0.2, 0) is 16.1 Å². The van der Waals surface area contributed by atoms with Gasteiger partial charge in [0.05, 0.1) is 18.4 Å². The number of carbonyl (C=O) groups excluding carboxylic acids is 2. The van der Waals surface area contributed by atoms with Gasteiger partial charge in [0.15, 0.2) is 0 Å². The smallest absolute Gasteiger partial charge is 0.231 e. The van der Waals surface area contributed by atoms with Gasteiger partial charge in [0.2, 0.25) is 11.8 Å². The van der Waals surface area contributed by atoms with E-state index in [-0.39, 0.29) is 23.7 Å². The molecule has 1 aliphatic carbocycles. The Morgan fingerprint density at radius 1 is 0.821 bits per heavy atom. The molecule has 4 nitrogen and oxygen atoms in total. The summed E-state index contributed by atoms with van der Waals surface area (Å²) in [5.74, 6) is -0.156. The molecule has 148 valence electrons. The highest BCUT2D eigenvalue weighted by atomic mass is 16.2. The molecule has 0 aliphatic heterocycles. The van der Waals surface area contributed by atoms with E-state index in [0.717, 1.165) is 37.2 Å². The van der Waals surface area contributed by atoms with Crippen LogP contribution in [0.4, 0.5) is 5.69 Å². The van der Waals surface area contributed by atoms with Gasteiger partial charge < -0.3 is 9.80 Å². The first-order valence-corrected chi connectivity index (χ1v) is 10.3. The summed E-state index contributed by atoms with van der Waals surface area (Å²) < 4.78 is 0. The van der Waals surface area contributed by atoms with E-state index in [1.807, 2.05) is 70.5 Å². The topological polar surface area (TPSA) is 40.6 Å². The first kappa shape index (κ1) is 20.1. The van der Waals surface area contributed by atoms with E-state index in [9.17, 15) is 9.59 Å². The Morgan fingerprint density at radius 2 is 1.36 bits per heavy atom. The van der Waals surface area contributed by atoms with Crippen LogP contribution in [0.2, 0.25) is 0 Å². The van der Waals surface area contributed by atoms with Crippen molar-refractivity contribution in [3.63, 3.8) is 0 Å². The molecular weight excluding hydrogens is 348 g/mol. The Hall–Kier alpha value is -2.62. The van der Waals surface area contributed by atoms with Crippen molar-refractivity contribution in [3.05, 3.63) is 66.2 Å². The van der Waals surface area contributed by atoms with Gasteiger partial charge in [0.25, 0.3) is 0 Å². The first-order chi connectivity index (χ1) is 13.7. The maximum Gasteiger partial charge on any atom is 0.231 e. The number of benzene rings is 2. The van der Waals surface area contributed by atoms with Crippen molar-refractivity contribution in [2.24, 2.45) is 11.8 Å². The quantitative estimate of drug-likeness (QED) is 0.644. The molecule has 0 spiro atoms. The summed E-state index contributed by atoms with van der Waals surface area (Å²) >= 11 is 0. The summed E-state index contributed by atoms with van der Waals surface area (Å²) in [5.41, 5.74) is 1.97. The van der Waals surface area contributed by atoms with Crippen molar-refractivity contribution in [3.8, 4) is 0 Å². The van der Waals surface area contributed by atoms with E-state index >= 15 is 0 Å². The number of nitrogens with zero attached hydrogens (tertiary/aromatic N) is 2. The van der Waals surface area contributed by atoms with E-state index in [2.05, 4.69) is 13.8 Å². The number of carbonyl (C=O) groups is 2. The minimum Gasteiger partial charge on any atom is -0.342 e. The van der Waals surface area contributed by atoms with Crippen molar-refractivity contribution in [2.75, 3.05) is 18.0 Å². The van der Waals surface area contributed by atoms with Gasteiger partial charge in [-0.2, -0.15) is 0 Å². The second kappa shape index (κ2) is 9.54. The molecule has 2 amide bonds. The zero-order chi connectivity index (χ0) is 19.9. The van der Waals surface area contributed by atoms with Gasteiger partial charge in [0, 0.05) is 18.8 Å². The van der Waals surface area contributed by atoms with E-state index in [0.29, 0.717) is 13.0 Å². The number of hydrogen-bond acceptors (Lipinski definition) is 2. The van der Waals surface area contributed by atoms with Crippen LogP contribution in [-0.4, -0.2) is 29.8 Å². The molecule has 2 atom stereocenters. The average Bonchev–Trinajstić information content (AvgIpc) is 3.53. The number of hydrogen-bond donors (Lipinski definition) is 0. The molecule has 0 saturated heterocycles. The lowest BCUT2D eigenvalue weighted by Crippen LogP contribution is -2.37. The fraction of sp³-hybridized carbons (Fsp3) is 0.417.